The molecule has 0 spiro atoms. The molecule has 1 N–H and O–H groups in total. The zero-order valence-corrected chi connectivity index (χ0v) is 31.1. The van der Waals surface area contributed by atoms with E-state index in [-0.39, 0.29) is 6.09 Å². The highest BCUT2D eigenvalue weighted by atomic mass is 32.3. The quantitative estimate of drug-likeness (QED) is 0.0863. The highest BCUT2D eigenvalue weighted by molar-refractivity contribution is 8.13. The van der Waals surface area contributed by atoms with Gasteiger partial charge in [0.25, 0.3) is 0 Å². The van der Waals surface area contributed by atoms with Crippen LogP contribution in [0.3, 0.4) is 0 Å². The number of halogens is 6. The van der Waals surface area contributed by atoms with Crippen LogP contribution in [0.4, 0.5) is 31.1 Å². The Hall–Kier alpha value is -3.18. The molecule has 0 fully saturated rings. The predicted octanol–water partition coefficient (Wildman–Crippen LogP) is 9.19. The minimum Gasteiger partial charge on any atom is -0.450 e. The summed E-state index contributed by atoms with van der Waals surface area (Å²) in [6.45, 7) is 13.8. The van der Waals surface area contributed by atoms with Crippen molar-refractivity contribution in [3.63, 3.8) is 0 Å². The van der Waals surface area contributed by atoms with Crippen LogP contribution in [0.25, 0.3) is 9.70 Å². The van der Waals surface area contributed by atoms with E-state index >= 15 is 0 Å². The molecule has 9 nitrogen and oxygen atoms in total. The fourth-order valence-corrected chi connectivity index (χ4v) is 6.31. The van der Waals surface area contributed by atoms with E-state index in [1.54, 1.807) is 0 Å². The van der Waals surface area contributed by atoms with Crippen molar-refractivity contribution in [3.8, 4) is 0 Å². The van der Waals surface area contributed by atoms with Crippen LogP contribution >= 0.6 is 0 Å². The average Bonchev–Trinajstić information content (AvgIpc) is 3.02. The molecule has 1 amide bonds. The lowest BCUT2D eigenvalue weighted by Crippen LogP contribution is -2.41. The number of amides is 1. The van der Waals surface area contributed by atoms with E-state index in [1.807, 2.05) is 39.0 Å². The maximum absolute atomic E-state index is 12.3. The number of carbonyl (C=O) groups is 1. The third kappa shape index (κ3) is 17.3. The molecule has 51 heavy (non-hydrogen) atoms. The Balaban J connectivity index is 0.000000728. The van der Waals surface area contributed by atoms with E-state index < -0.39 is 36.6 Å². The first-order valence-corrected chi connectivity index (χ1v) is 19.5. The predicted molar refractivity (Wildman–Crippen MR) is 184 cm³/mol. The first-order valence-electron chi connectivity index (χ1n) is 16.6. The van der Waals surface area contributed by atoms with Crippen LogP contribution in [-0.4, -0.2) is 40.6 Å². The fraction of sp³-hybridized carbons (Fsp3) is 0.588. The standard InChI is InChI=1S/C32H48N2O2.C2F6NO4S2/c1-6-28-20-23-34(24-21-28)22-15-13-11-9-7-8-10-12-14-16-25-36-31(35)33-32(4,5)30-19-17-18-29(26-30)27(2)3;3-1(4,5)14(10,11)9-15(12,13)2(6,7)8/h17-21,23-24,26H,2,6-16,22,25H2,1,3-5H3;/q;-1/p+1. The maximum Gasteiger partial charge on any atom is 0.480 e. The number of nitrogens with zero attached hydrogens (tertiary/aromatic N) is 2. The fourth-order valence-electron chi connectivity index (χ4n) is 4.60. The van der Waals surface area contributed by atoms with Gasteiger partial charge in [0.1, 0.15) is 6.54 Å². The van der Waals surface area contributed by atoms with Crippen LogP contribution in [0, 0.1) is 0 Å². The summed E-state index contributed by atoms with van der Waals surface area (Å²) in [6.07, 6.45) is 17.6. The van der Waals surface area contributed by atoms with Crippen molar-refractivity contribution >= 4 is 31.7 Å². The lowest BCUT2D eigenvalue weighted by molar-refractivity contribution is -0.697. The van der Waals surface area contributed by atoms with Crippen LogP contribution in [0.5, 0.6) is 0 Å². The Morgan fingerprint density at radius 3 is 1.73 bits per heavy atom. The number of aromatic nitrogens is 1. The van der Waals surface area contributed by atoms with Gasteiger partial charge in [0.2, 0.25) is 0 Å². The van der Waals surface area contributed by atoms with Crippen LogP contribution in [-0.2, 0) is 43.3 Å². The van der Waals surface area contributed by atoms with E-state index in [4.69, 9.17) is 4.74 Å². The third-order valence-electron chi connectivity index (χ3n) is 7.69. The number of allylic oxidation sites excluding steroid dienone is 1. The number of aryl methyl sites for hydroxylation is 2. The highest BCUT2D eigenvalue weighted by Crippen LogP contribution is 2.36. The van der Waals surface area contributed by atoms with Crippen molar-refractivity contribution in [2.24, 2.45) is 0 Å². The largest absolute Gasteiger partial charge is 0.480 e. The van der Waals surface area contributed by atoms with Gasteiger partial charge in [-0.25, -0.2) is 26.2 Å². The average molecular weight is 774 g/mol. The van der Waals surface area contributed by atoms with Gasteiger partial charge in [0.05, 0.1) is 12.1 Å². The Labute approximate surface area is 298 Å². The Bertz CT molecular complexity index is 1550. The summed E-state index contributed by atoms with van der Waals surface area (Å²) in [4.78, 5) is 12.3. The van der Waals surface area contributed by atoms with Gasteiger partial charge in [-0.15, -0.1) is 0 Å². The van der Waals surface area contributed by atoms with Crippen molar-refractivity contribution in [1.29, 1.82) is 0 Å². The molecular formula is C34H49F6N3O6S2. The number of hydrogen-bond donors (Lipinski definition) is 1. The lowest BCUT2D eigenvalue weighted by atomic mass is 9.92. The number of benzene rings is 1. The van der Waals surface area contributed by atoms with E-state index in [2.05, 4.69) is 54.0 Å². The van der Waals surface area contributed by atoms with Gasteiger partial charge in [-0.2, -0.15) is 26.3 Å². The van der Waals surface area contributed by atoms with Crippen molar-refractivity contribution in [3.05, 3.63) is 76.2 Å². The number of hydrogen-bond acceptors (Lipinski definition) is 6. The summed E-state index contributed by atoms with van der Waals surface area (Å²) in [5, 5.41) is 3.00. The number of nitrogens with one attached hydrogen (secondary N) is 1. The molecular weight excluding hydrogens is 725 g/mol. The summed E-state index contributed by atoms with van der Waals surface area (Å²) in [5.74, 6) is 0. The highest BCUT2D eigenvalue weighted by Gasteiger charge is 2.47. The number of ether oxygens (including phenoxy) is 1. The summed E-state index contributed by atoms with van der Waals surface area (Å²) < 4.78 is 117. The zero-order chi connectivity index (χ0) is 38.9. The molecule has 0 radical (unpaired) electrons. The second kappa shape index (κ2) is 20.8. The summed E-state index contributed by atoms with van der Waals surface area (Å²) >= 11 is 0. The Kier molecular flexibility index (Phi) is 18.7. The van der Waals surface area contributed by atoms with Crippen LogP contribution in [0.2, 0.25) is 0 Å². The monoisotopic (exact) mass is 773 g/mol. The molecule has 2 aromatic rings. The molecule has 0 bridgehead atoms. The first kappa shape index (κ1) is 45.8. The van der Waals surface area contributed by atoms with Crippen LogP contribution < -0.4 is 9.88 Å². The molecule has 1 heterocycles. The molecule has 0 unspecified atom stereocenters. The minimum atomic E-state index is -6.72. The maximum atomic E-state index is 12.3. The van der Waals surface area contributed by atoms with Crippen molar-refractivity contribution in [2.45, 2.75) is 121 Å². The molecule has 1 aromatic heterocycles. The van der Waals surface area contributed by atoms with Crippen molar-refractivity contribution < 1.29 is 57.3 Å². The number of unbranched alkanes of at least 4 members (excludes halogenated alkanes) is 9. The molecule has 2 rings (SSSR count). The van der Waals surface area contributed by atoms with Crippen LogP contribution in [0.1, 0.15) is 109 Å². The van der Waals surface area contributed by atoms with Gasteiger partial charge < -0.3 is 14.2 Å². The molecule has 0 aliphatic rings. The second-order valence-corrected chi connectivity index (χ2v) is 15.9. The SMILES string of the molecule is C=C(C)c1cccc(C(C)(C)NC(=O)OCCCCCCCCCCCC[n+]2ccc(CC)cc2)c1.O=S(=O)([N-]S(=O)(=O)C(F)(F)F)C(F)(F)F. The van der Waals surface area contributed by atoms with Gasteiger partial charge in [-0.1, -0.05) is 82.2 Å². The number of rotatable bonds is 19. The van der Waals surface area contributed by atoms with Gasteiger partial charge >= 0.3 is 17.1 Å². The summed E-state index contributed by atoms with van der Waals surface area (Å²) in [5.41, 5.74) is -8.36. The zero-order valence-electron chi connectivity index (χ0n) is 29.4. The van der Waals surface area contributed by atoms with Gasteiger partial charge in [0.15, 0.2) is 32.4 Å². The van der Waals surface area contributed by atoms with Gasteiger partial charge in [0, 0.05) is 18.6 Å². The number of alkyl carbamates (subject to hydrolysis) is 1. The lowest BCUT2D eigenvalue weighted by Gasteiger charge is -2.27. The molecule has 290 valence electrons. The van der Waals surface area contributed by atoms with E-state index in [0.29, 0.717) is 6.61 Å². The van der Waals surface area contributed by atoms with E-state index in [0.717, 1.165) is 46.6 Å². The number of alkyl halides is 6. The van der Waals surface area contributed by atoms with Crippen molar-refractivity contribution in [2.75, 3.05) is 6.61 Å². The van der Waals surface area contributed by atoms with Crippen molar-refractivity contribution in [1.82, 2.24) is 5.32 Å². The normalized spacial score (nSPS) is 12.5. The van der Waals surface area contributed by atoms with Gasteiger partial charge in [-0.3, -0.25) is 0 Å². The molecule has 0 saturated heterocycles. The van der Waals surface area contributed by atoms with E-state index in [1.165, 1.54) is 56.9 Å². The number of pyridine rings is 1. The molecule has 0 saturated carbocycles. The number of carbonyl (C=O) groups excluding carboxylic acids is 1. The molecule has 0 atom stereocenters. The molecule has 0 aliphatic heterocycles. The summed E-state index contributed by atoms with van der Waals surface area (Å²) in [7, 11) is -13.4. The van der Waals surface area contributed by atoms with Crippen LogP contribution in [0.15, 0.2) is 55.4 Å². The molecule has 0 aliphatic carbocycles. The van der Waals surface area contributed by atoms with E-state index in [9.17, 15) is 48.0 Å². The third-order valence-corrected chi connectivity index (χ3v) is 10.4. The number of sulfonamides is 2. The first-order chi connectivity index (χ1) is 23.5. The molecule has 1 aromatic carbocycles. The summed E-state index contributed by atoms with van der Waals surface area (Å²) in [6, 6.07) is 12.6. The minimum absolute atomic E-state index is 0.350. The Morgan fingerprint density at radius 2 is 1.27 bits per heavy atom. The Morgan fingerprint density at radius 1 is 0.804 bits per heavy atom. The topological polar surface area (TPSA) is 125 Å². The second-order valence-electron chi connectivity index (χ2n) is 12.5. The smallest absolute Gasteiger partial charge is 0.450 e. The molecule has 17 heteroatoms. The van der Waals surface area contributed by atoms with Gasteiger partial charge in [-0.05, 0) is 62.8 Å².